The molecule has 2 N–H and O–H groups in total. The fraction of sp³-hybridized carbons (Fsp3) is 0.263. The molecule has 138 valence electrons. The van der Waals surface area contributed by atoms with Crippen LogP contribution in [0.3, 0.4) is 0 Å². The Balaban J connectivity index is 1.86. The summed E-state index contributed by atoms with van der Waals surface area (Å²) in [7, 11) is 1.55. The van der Waals surface area contributed by atoms with Crippen LogP contribution in [0.25, 0.3) is 0 Å². The number of halogens is 1. The minimum Gasteiger partial charge on any atom is -0.496 e. The Bertz CT molecular complexity index is 751. The number of carbonyl (C=O) groups excluding carboxylic acids is 1. The van der Waals surface area contributed by atoms with Gasteiger partial charge >= 0.3 is 5.97 Å². The van der Waals surface area contributed by atoms with E-state index in [9.17, 15) is 14.7 Å². The van der Waals surface area contributed by atoms with E-state index in [1.54, 1.807) is 25.3 Å². The molecule has 1 amide bonds. The van der Waals surface area contributed by atoms with Crippen molar-refractivity contribution in [1.29, 1.82) is 0 Å². The number of ether oxygens (including phenoxy) is 1. The molecule has 0 aliphatic rings. The van der Waals surface area contributed by atoms with Crippen LogP contribution in [0.15, 0.2) is 53.4 Å². The highest BCUT2D eigenvalue weighted by Gasteiger charge is 2.20. The smallest absolute Gasteiger partial charge is 0.308 e. The van der Waals surface area contributed by atoms with Gasteiger partial charge in [0.2, 0.25) is 5.91 Å². The Morgan fingerprint density at radius 2 is 1.88 bits per heavy atom. The lowest BCUT2D eigenvalue weighted by molar-refractivity contribution is -0.141. The summed E-state index contributed by atoms with van der Waals surface area (Å²) in [5.41, 5.74) is 0.798. The van der Waals surface area contributed by atoms with Crippen LogP contribution >= 0.6 is 23.4 Å². The molecular weight excluding hydrogens is 374 g/mol. The van der Waals surface area contributed by atoms with Crippen LogP contribution in [0.2, 0.25) is 5.02 Å². The van der Waals surface area contributed by atoms with Crippen LogP contribution in [0, 0.1) is 5.92 Å². The summed E-state index contributed by atoms with van der Waals surface area (Å²) in [6, 6.07) is 14.5. The number of carboxylic acid groups (broad SMARTS) is 1. The maximum Gasteiger partial charge on any atom is 0.308 e. The van der Waals surface area contributed by atoms with Gasteiger partial charge in [0.05, 0.1) is 18.8 Å². The fourth-order valence-corrected chi connectivity index (χ4v) is 3.21. The number of aliphatic carboxylic acids is 1. The predicted octanol–water partition coefficient (Wildman–Crippen LogP) is 3.50. The van der Waals surface area contributed by atoms with Crippen LogP contribution in [0.5, 0.6) is 5.75 Å². The van der Waals surface area contributed by atoms with E-state index in [4.69, 9.17) is 16.3 Å². The molecule has 2 aromatic carbocycles. The van der Waals surface area contributed by atoms with E-state index < -0.39 is 11.9 Å². The minimum absolute atomic E-state index is 0.0629. The second-order valence-corrected chi connectivity index (χ2v) is 7.08. The van der Waals surface area contributed by atoms with E-state index in [2.05, 4.69) is 5.32 Å². The van der Waals surface area contributed by atoms with Gasteiger partial charge in [0.1, 0.15) is 5.75 Å². The van der Waals surface area contributed by atoms with Crippen molar-refractivity contribution in [2.75, 3.05) is 19.4 Å². The Morgan fingerprint density at radius 3 is 2.54 bits per heavy atom. The molecule has 0 radical (unpaired) electrons. The molecule has 0 aliphatic heterocycles. The second-order valence-electron chi connectivity index (χ2n) is 5.60. The Hall–Kier alpha value is -2.18. The van der Waals surface area contributed by atoms with Crippen molar-refractivity contribution in [2.45, 2.75) is 11.3 Å². The van der Waals surface area contributed by atoms with Crippen LogP contribution in [0.4, 0.5) is 0 Å². The Morgan fingerprint density at radius 1 is 1.19 bits per heavy atom. The van der Waals surface area contributed by atoms with Gasteiger partial charge in [-0.2, -0.15) is 0 Å². The molecular formula is C19H20ClNO4S. The van der Waals surface area contributed by atoms with E-state index >= 15 is 0 Å². The number of rotatable bonds is 9. The number of carboxylic acids is 1. The first-order valence-electron chi connectivity index (χ1n) is 7.99. The topological polar surface area (TPSA) is 75.6 Å². The van der Waals surface area contributed by atoms with Gasteiger partial charge in [-0.1, -0.05) is 29.8 Å². The lowest BCUT2D eigenvalue weighted by atomic mass is 9.98. The second kappa shape index (κ2) is 10.1. The maximum atomic E-state index is 12.0. The van der Waals surface area contributed by atoms with Gasteiger partial charge in [-0.05, 0) is 42.3 Å². The zero-order valence-corrected chi connectivity index (χ0v) is 15.8. The lowest BCUT2D eigenvalue weighted by Crippen LogP contribution is -2.35. The molecule has 1 atom stereocenters. The van der Waals surface area contributed by atoms with E-state index in [0.29, 0.717) is 10.8 Å². The van der Waals surface area contributed by atoms with Crippen molar-refractivity contribution in [1.82, 2.24) is 5.32 Å². The highest BCUT2D eigenvalue weighted by Crippen LogP contribution is 2.22. The van der Waals surface area contributed by atoms with Crippen molar-refractivity contribution in [3.63, 3.8) is 0 Å². The predicted molar refractivity (Wildman–Crippen MR) is 103 cm³/mol. The molecule has 2 aromatic rings. The van der Waals surface area contributed by atoms with Crippen molar-refractivity contribution in [2.24, 2.45) is 5.92 Å². The third-order valence-corrected chi connectivity index (χ3v) is 5.00. The summed E-state index contributed by atoms with van der Waals surface area (Å²) in [5.74, 6) is -1.04. The monoisotopic (exact) mass is 393 g/mol. The third-order valence-electron chi connectivity index (χ3n) is 3.74. The van der Waals surface area contributed by atoms with Crippen LogP contribution < -0.4 is 10.1 Å². The first-order valence-corrected chi connectivity index (χ1v) is 9.35. The molecule has 0 aromatic heterocycles. The SMILES string of the molecule is COc1ccccc1CC(CNC(=O)CSc1ccc(Cl)cc1)C(=O)O. The lowest BCUT2D eigenvalue weighted by Gasteiger charge is -2.15. The Labute approximate surface area is 161 Å². The van der Waals surface area contributed by atoms with E-state index in [0.717, 1.165) is 10.5 Å². The Kier molecular flexibility index (Phi) is 7.81. The van der Waals surface area contributed by atoms with Crippen LogP contribution in [-0.2, 0) is 16.0 Å². The largest absolute Gasteiger partial charge is 0.496 e. The summed E-state index contributed by atoms with van der Waals surface area (Å²) in [6.45, 7) is 0.0629. The number of amides is 1. The van der Waals surface area contributed by atoms with Gasteiger partial charge in [-0.25, -0.2) is 0 Å². The molecule has 0 heterocycles. The molecule has 0 aliphatic carbocycles. The number of methoxy groups -OCH3 is 1. The van der Waals surface area contributed by atoms with E-state index in [-0.39, 0.29) is 24.6 Å². The van der Waals surface area contributed by atoms with Gasteiger partial charge in [-0.15, -0.1) is 11.8 Å². The minimum atomic E-state index is -0.957. The third kappa shape index (κ3) is 6.28. The average Bonchev–Trinajstić information content (AvgIpc) is 2.64. The van der Waals surface area contributed by atoms with Crippen molar-refractivity contribution < 1.29 is 19.4 Å². The molecule has 0 fully saturated rings. The maximum absolute atomic E-state index is 12.0. The zero-order valence-electron chi connectivity index (χ0n) is 14.3. The number of thioether (sulfide) groups is 1. The zero-order chi connectivity index (χ0) is 18.9. The summed E-state index contributed by atoms with van der Waals surface area (Å²) in [5, 5.41) is 12.8. The number of para-hydroxylation sites is 1. The standard InChI is InChI=1S/C19H20ClNO4S/c1-25-17-5-3-2-4-13(17)10-14(19(23)24)11-21-18(22)12-26-16-8-6-15(20)7-9-16/h2-9,14H,10-12H2,1H3,(H,21,22)(H,23,24). The van der Waals surface area contributed by atoms with Crippen LogP contribution in [-0.4, -0.2) is 36.4 Å². The van der Waals surface area contributed by atoms with Gasteiger partial charge in [0.25, 0.3) is 0 Å². The molecule has 26 heavy (non-hydrogen) atoms. The molecule has 7 heteroatoms. The quantitative estimate of drug-likeness (QED) is 0.638. The summed E-state index contributed by atoms with van der Waals surface area (Å²) >= 11 is 7.19. The molecule has 0 bridgehead atoms. The number of nitrogens with one attached hydrogen (secondary N) is 1. The first kappa shape index (κ1) is 20.1. The van der Waals surface area contributed by atoms with E-state index in [1.807, 2.05) is 30.3 Å². The summed E-state index contributed by atoms with van der Waals surface area (Å²) in [6.07, 6.45) is 0.282. The molecule has 1 unspecified atom stereocenters. The average molecular weight is 394 g/mol. The summed E-state index contributed by atoms with van der Waals surface area (Å²) < 4.78 is 5.25. The molecule has 0 saturated carbocycles. The van der Waals surface area contributed by atoms with Crippen LogP contribution in [0.1, 0.15) is 5.56 Å². The summed E-state index contributed by atoms with van der Waals surface area (Å²) in [4.78, 5) is 24.5. The van der Waals surface area contributed by atoms with Crippen molar-refractivity contribution in [3.8, 4) is 5.75 Å². The highest BCUT2D eigenvalue weighted by molar-refractivity contribution is 8.00. The van der Waals surface area contributed by atoms with Gasteiger partial charge < -0.3 is 15.2 Å². The number of hydrogen-bond acceptors (Lipinski definition) is 4. The normalized spacial score (nSPS) is 11.6. The highest BCUT2D eigenvalue weighted by atomic mass is 35.5. The first-order chi connectivity index (χ1) is 12.5. The molecule has 0 saturated heterocycles. The van der Waals surface area contributed by atoms with Crippen molar-refractivity contribution >= 4 is 35.2 Å². The molecule has 5 nitrogen and oxygen atoms in total. The number of benzene rings is 2. The molecule has 0 spiro atoms. The number of carbonyl (C=O) groups is 2. The fourth-order valence-electron chi connectivity index (χ4n) is 2.35. The van der Waals surface area contributed by atoms with Gasteiger partial charge in [-0.3, -0.25) is 9.59 Å². The number of hydrogen-bond donors (Lipinski definition) is 2. The van der Waals surface area contributed by atoms with Gasteiger partial charge in [0, 0.05) is 16.5 Å². The molecule has 2 rings (SSSR count). The van der Waals surface area contributed by atoms with E-state index in [1.165, 1.54) is 11.8 Å². The van der Waals surface area contributed by atoms with Crippen molar-refractivity contribution in [3.05, 3.63) is 59.1 Å². The van der Waals surface area contributed by atoms with Gasteiger partial charge in [0.15, 0.2) is 0 Å².